The standard InChI is InChI=1S/C12H15Br/c1-2-4-11-6-8-12(9-7-11)5-3-10-13/h2,6-9H,1,3-5,10H2. The lowest BCUT2D eigenvalue weighted by molar-refractivity contribution is 0.938. The van der Waals surface area contributed by atoms with E-state index in [0.717, 1.165) is 11.8 Å². The monoisotopic (exact) mass is 238 g/mol. The fourth-order valence-electron chi connectivity index (χ4n) is 1.28. The van der Waals surface area contributed by atoms with E-state index in [9.17, 15) is 0 Å². The highest BCUT2D eigenvalue weighted by Gasteiger charge is 1.92. The molecule has 1 aromatic carbocycles. The smallest absolute Gasteiger partial charge is 0.00344 e. The number of hydrogen-bond donors (Lipinski definition) is 0. The van der Waals surface area contributed by atoms with Gasteiger partial charge in [0, 0.05) is 5.33 Å². The number of rotatable bonds is 5. The van der Waals surface area contributed by atoms with Crippen LogP contribution < -0.4 is 0 Å². The van der Waals surface area contributed by atoms with Gasteiger partial charge in [0.1, 0.15) is 0 Å². The first-order chi connectivity index (χ1) is 6.36. The molecular weight excluding hydrogens is 224 g/mol. The van der Waals surface area contributed by atoms with Crippen molar-refractivity contribution in [3.05, 3.63) is 48.0 Å². The molecule has 13 heavy (non-hydrogen) atoms. The molecule has 0 N–H and O–H groups in total. The molecule has 0 unspecified atom stereocenters. The topological polar surface area (TPSA) is 0 Å². The Kier molecular flexibility index (Phi) is 4.84. The van der Waals surface area contributed by atoms with E-state index in [2.05, 4.69) is 46.8 Å². The molecule has 0 radical (unpaired) electrons. The number of halogens is 1. The summed E-state index contributed by atoms with van der Waals surface area (Å²) in [6.45, 7) is 3.72. The SMILES string of the molecule is C=CCc1ccc(CCCBr)cc1. The van der Waals surface area contributed by atoms with Gasteiger partial charge in [-0.1, -0.05) is 46.3 Å². The van der Waals surface area contributed by atoms with Crippen LogP contribution in [-0.2, 0) is 12.8 Å². The lowest BCUT2D eigenvalue weighted by Gasteiger charge is -2.00. The molecule has 0 heterocycles. The zero-order valence-corrected chi connectivity index (χ0v) is 9.39. The van der Waals surface area contributed by atoms with Crippen molar-refractivity contribution in [3.63, 3.8) is 0 Å². The second-order valence-corrected chi connectivity index (χ2v) is 3.89. The quantitative estimate of drug-likeness (QED) is 0.542. The average molecular weight is 239 g/mol. The first-order valence-corrected chi connectivity index (χ1v) is 5.73. The van der Waals surface area contributed by atoms with Crippen LogP contribution in [0.5, 0.6) is 0 Å². The molecule has 0 aliphatic heterocycles. The van der Waals surface area contributed by atoms with Gasteiger partial charge in [0.2, 0.25) is 0 Å². The average Bonchev–Trinajstić information content (AvgIpc) is 2.17. The Morgan fingerprint density at radius 2 is 1.77 bits per heavy atom. The number of benzene rings is 1. The minimum absolute atomic E-state index is 0.971. The molecule has 0 fully saturated rings. The minimum atomic E-state index is 0.971. The number of hydrogen-bond acceptors (Lipinski definition) is 0. The highest BCUT2D eigenvalue weighted by molar-refractivity contribution is 9.09. The lowest BCUT2D eigenvalue weighted by Crippen LogP contribution is -1.87. The molecule has 0 aliphatic carbocycles. The van der Waals surface area contributed by atoms with Gasteiger partial charge in [-0.25, -0.2) is 0 Å². The van der Waals surface area contributed by atoms with Crippen LogP contribution in [0.15, 0.2) is 36.9 Å². The molecule has 0 amide bonds. The normalized spacial score (nSPS) is 9.92. The second kappa shape index (κ2) is 5.98. The molecule has 0 atom stereocenters. The van der Waals surface area contributed by atoms with Crippen LogP contribution in [0.2, 0.25) is 0 Å². The number of allylic oxidation sites excluding steroid dienone is 1. The van der Waals surface area contributed by atoms with Crippen molar-refractivity contribution in [2.24, 2.45) is 0 Å². The van der Waals surface area contributed by atoms with Crippen LogP contribution in [0.4, 0.5) is 0 Å². The Labute approximate surface area is 88.8 Å². The molecule has 0 aliphatic rings. The Morgan fingerprint density at radius 3 is 2.31 bits per heavy atom. The van der Waals surface area contributed by atoms with Crippen molar-refractivity contribution in [2.45, 2.75) is 19.3 Å². The molecule has 0 saturated carbocycles. The zero-order chi connectivity index (χ0) is 9.52. The highest BCUT2D eigenvalue weighted by atomic mass is 79.9. The summed E-state index contributed by atoms with van der Waals surface area (Å²) < 4.78 is 0. The highest BCUT2D eigenvalue weighted by Crippen LogP contribution is 2.08. The van der Waals surface area contributed by atoms with Crippen LogP contribution >= 0.6 is 15.9 Å². The summed E-state index contributed by atoms with van der Waals surface area (Å²) in [5.74, 6) is 0. The minimum Gasteiger partial charge on any atom is -0.103 e. The molecular formula is C12H15Br. The summed E-state index contributed by atoms with van der Waals surface area (Å²) in [7, 11) is 0. The maximum Gasteiger partial charge on any atom is 0.00344 e. The summed E-state index contributed by atoms with van der Waals surface area (Å²) in [6, 6.07) is 8.79. The third-order valence-electron chi connectivity index (χ3n) is 2.00. The molecule has 0 nitrogen and oxygen atoms in total. The predicted octanol–water partition coefficient (Wildman–Crippen LogP) is 3.74. The molecule has 0 bridgehead atoms. The van der Waals surface area contributed by atoms with Gasteiger partial charge in [-0.2, -0.15) is 0 Å². The van der Waals surface area contributed by atoms with Crippen LogP contribution in [0.1, 0.15) is 17.5 Å². The fourth-order valence-corrected chi connectivity index (χ4v) is 1.56. The molecule has 0 spiro atoms. The van der Waals surface area contributed by atoms with Crippen molar-refractivity contribution in [1.82, 2.24) is 0 Å². The molecule has 0 aromatic heterocycles. The van der Waals surface area contributed by atoms with Gasteiger partial charge in [0.05, 0.1) is 0 Å². The van der Waals surface area contributed by atoms with Crippen LogP contribution in [0.25, 0.3) is 0 Å². The molecule has 70 valence electrons. The van der Waals surface area contributed by atoms with E-state index < -0.39 is 0 Å². The van der Waals surface area contributed by atoms with Crippen molar-refractivity contribution in [1.29, 1.82) is 0 Å². The Morgan fingerprint density at radius 1 is 1.15 bits per heavy atom. The van der Waals surface area contributed by atoms with Crippen molar-refractivity contribution in [2.75, 3.05) is 5.33 Å². The lowest BCUT2D eigenvalue weighted by atomic mass is 10.1. The first-order valence-electron chi connectivity index (χ1n) is 4.61. The fraction of sp³-hybridized carbons (Fsp3) is 0.333. The number of alkyl halides is 1. The predicted molar refractivity (Wildman–Crippen MR) is 62.5 cm³/mol. The van der Waals surface area contributed by atoms with Crippen molar-refractivity contribution in [3.8, 4) is 0 Å². The summed E-state index contributed by atoms with van der Waals surface area (Å²) in [5.41, 5.74) is 2.77. The van der Waals surface area contributed by atoms with Gasteiger partial charge >= 0.3 is 0 Å². The first kappa shape index (κ1) is 10.5. The third-order valence-corrected chi connectivity index (χ3v) is 2.56. The van der Waals surface area contributed by atoms with Crippen LogP contribution in [0.3, 0.4) is 0 Å². The molecule has 0 saturated heterocycles. The molecule has 1 aromatic rings. The summed E-state index contributed by atoms with van der Waals surface area (Å²) in [5, 5.41) is 1.08. The Hall–Kier alpha value is -0.560. The summed E-state index contributed by atoms with van der Waals surface area (Å²) >= 11 is 3.43. The van der Waals surface area contributed by atoms with Gasteiger partial charge < -0.3 is 0 Å². The largest absolute Gasteiger partial charge is 0.103 e. The van der Waals surface area contributed by atoms with E-state index in [4.69, 9.17) is 0 Å². The second-order valence-electron chi connectivity index (χ2n) is 3.10. The van der Waals surface area contributed by atoms with E-state index in [0.29, 0.717) is 0 Å². The van der Waals surface area contributed by atoms with E-state index in [1.54, 1.807) is 0 Å². The van der Waals surface area contributed by atoms with E-state index in [1.165, 1.54) is 24.0 Å². The maximum absolute atomic E-state index is 3.72. The van der Waals surface area contributed by atoms with Gasteiger partial charge in [0.15, 0.2) is 0 Å². The molecule has 1 heteroatoms. The van der Waals surface area contributed by atoms with Crippen LogP contribution in [0, 0.1) is 0 Å². The number of aryl methyl sites for hydroxylation is 1. The van der Waals surface area contributed by atoms with E-state index in [1.807, 2.05) is 6.08 Å². The third kappa shape index (κ3) is 3.77. The van der Waals surface area contributed by atoms with E-state index >= 15 is 0 Å². The Bertz CT molecular complexity index is 248. The van der Waals surface area contributed by atoms with Crippen molar-refractivity contribution >= 4 is 15.9 Å². The summed E-state index contributed by atoms with van der Waals surface area (Å²) in [4.78, 5) is 0. The zero-order valence-electron chi connectivity index (χ0n) is 7.80. The maximum atomic E-state index is 3.72. The summed E-state index contributed by atoms with van der Waals surface area (Å²) in [6.07, 6.45) is 5.28. The van der Waals surface area contributed by atoms with Gasteiger partial charge in [-0.15, -0.1) is 6.58 Å². The molecule has 1 rings (SSSR count). The van der Waals surface area contributed by atoms with Gasteiger partial charge in [-0.05, 0) is 30.4 Å². The van der Waals surface area contributed by atoms with Gasteiger partial charge in [0.25, 0.3) is 0 Å². The van der Waals surface area contributed by atoms with Crippen LogP contribution in [-0.4, -0.2) is 5.33 Å². The Balaban J connectivity index is 2.53. The van der Waals surface area contributed by atoms with Gasteiger partial charge in [-0.3, -0.25) is 0 Å². The van der Waals surface area contributed by atoms with E-state index in [-0.39, 0.29) is 0 Å². The van der Waals surface area contributed by atoms with Crippen molar-refractivity contribution < 1.29 is 0 Å².